The first-order valence-electron chi connectivity index (χ1n) is 8.52. The number of methoxy groups -OCH3 is 1. The first-order chi connectivity index (χ1) is 13.7. The second-order valence-electron chi connectivity index (χ2n) is 6.35. The van der Waals surface area contributed by atoms with Crippen LogP contribution >= 0.6 is 0 Å². The highest BCUT2D eigenvalue weighted by Gasteiger charge is 2.32. The largest absolute Gasteiger partial charge is 0.496 e. The molecule has 0 radical (unpaired) electrons. The van der Waals surface area contributed by atoms with E-state index >= 15 is 0 Å². The number of nitriles is 1. The highest BCUT2D eigenvalue weighted by Crippen LogP contribution is 2.28. The van der Waals surface area contributed by atoms with Crippen molar-refractivity contribution in [2.45, 2.75) is 19.5 Å². The molecule has 0 fully saturated rings. The Bertz CT molecular complexity index is 1100. The maximum atomic E-state index is 12.8. The molecule has 10 heteroatoms. The molecule has 1 amide bonds. The van der Waals surface area contributed by atoms with Crippen molar-refractivity contribution in [3.8, 4) is 11.8 Å². The molecule has 0 bridgehead atoms. The van der Waals surface area contributed by atoms with E-state index in [1.807, 2.05) is 0 Å². The number of alkyl halides is 3. The Kier molecular flexibility index (Phi) is 5.41. The number of carbonyl (C=O) groups excluding carboxylic acids is 1. The summed E-state index contributed by atoms with van der Waals surface area (Å²) in [5.41, 5.74) is 0.161. The minimum Gasteiger partial charge on any atom is -0.496 e. The number of halogens is 3. The zero-order valence-electron chi connectivity index (χ0n) is 15.5. The van der Waals surface area contributed by atoms with Gasteiger partial charge in [0, 0.05) is 30.8 Å². The number of fused-ring (bicyclic) bond motifs is 1. The Hall–Kier alpha value is -3.61. The van der Waals surface area contributed by atoms with E-state index in [4.69, 9.17) is 10.00 Å². The molecule has 0 aromatic carbocycles. The van der Waals surface area contributed by atoms with Gasteiger partial charge in [-0.15, -0.1) is 0 Å². The van der Waals surface area contributed by atoms with Crippen LogP contribution < -0.4 is 10.1 Å². The van der Waals surface area contributed by atoms with Crippen LogP contribution in [0.15, 0.2) is 36.7 Å². The number of nitrogens with zero attached hydrogens (tertiary/aromatic N) is 4. The molecule has 0 spiro atoms. The maximum absolute atomic E-state index is 12.8. The fourth-order valence-corrected chi connectivity index (χ4v) is 2.71. The Balaban J connectivity index is 1.92. The predicted molar refractivity (Wildman–Crippen MR) is 97.4 cm³/mol. The molecule has 3 heterocycles. The average molecular weight is 403 g/mol. The van der Waals surface area contributed by atoms with E-state index in [2.05, 4.69) is 21.4 Å². The van der Waals surface area contributed by atoms with Crippen molar-refractivity contribution < 1.29 is 22.7 Å². The lowest BCUT2D eigenvalue weighted by molar-refractivity contribution is -0.141. The SMILES string of the molecule is COc1cc2nc(CC(C)C#N)cn2cc1C(=O)Nc1cccc(C(F)(F)F)n1. The molecular weight excluding hydrogens is 387 g/mol. The van der Waals surface area contributed by atoms with Crippen molar-refractivity contribution in [1.29, 1.82) is 5.26 Å². The molecular formula is C19H16F3N5O2. The van der Waals surface area contributed by atoms with E-state index < -0.39 is 17.8 Å². The Morgan fingerprint density at radius 3 is 2.76 bits per heavy atom. The topological polar surface area (TPSA) is 92.3 Å². The summed E-state index contributed by atoms with van der Waals surface area (Å²) >= 11 is 0. The number of amides is 1. The third kappa shape index (κ3) is 4.45. The molecule has 3 aromatic rings. The van der Waals surface area contributed by atoms with Gasteiger partial charge in [-0.2, -0.15) is 18.4 Å². The number of hydrogen-bond donors (Lipinski definition) is 1. The third-order valence-electron chi connectivity index (χ3n) is 4.09. The summed E-state index contributed by atoms with van der Waals surface area (Å²) in [6, 6.07) is 6.90. The first kappa shape index (κ1) is 20.1. The molecule has 1 N–H and O–H groups in total. The van der Waals surface area contributed by atoms with Gasteiger partial charge in [0.25, 0.3) is 5.91 Å². The number of ether oxygens (including phenoxy) is 1. The highest BCUT2D eigenvalue weighted by molar-refractivity contribution is 6.05. The maximum Gasteiger partial charge on any atom is 0.433 e. The van der Waals surface area contributed by atoms with E-state index in [1.165, 1.54) is 25.4 Å². The molecule has 150 valence electrons. The van der Waals surface area contributed by atoms with E-state index in [9.17, 15) is 18.0 Å². The van der Waals surface area contributed by atoms with Crippen LogP contribution in [0.2, 0.25) is 0 Å². The fraction of sp³-hybridized carbons (Fsp3) is 0.263. The lowest BCUT2D eigenvalue weighted by Gasteiger charge is -2.11. The summed E-state index contributed by atoms with van der Waals surface area (Å²) in [5.74, 6) is -0.943. The molecule has 0 saturated carbocycles. The van der Waals surface area contributed by atoms with Gasteiger partial charge >= 0.3 is 6.18 Å². The van der Waals surface area contributed by atoms with Crippen LogP contribution in [0.3, 0.4) is 0 Å². The zero-order chi connectivity index (χ0) is 21.2. The summed E-state index contributed by atoms with van der Waals surface area (Å²) in [4.78, 5) is 20.5. The minimum atomic E-state index is -4.62. The molecule has 0 aliphatic carbocycles. The molecule has 0 saturated heterocycles. The Labute approximate surface area is 163 Å². The van der Waals surface area contributed by atoms with Gasteiger partial charge in [-0.25, -0.2) is 9.97 Å². The van der Waals surface area contributed by atoms with Crippen LogP contribution in [0.1, 0.15) is 28.7 Å². The van der Waals surface area contributed by atoms with Crippen molar-refractivity contribution in [1.82, 2.24) is 14.4 Å². The number of hydrogen-bond acceptors (Lipinski definition) is 5. The Morgan fingerprint density at radius 1 is 1.34 bits per heavy atom. The standard InChI is InChI=1S/C19H16F3N5O2/c1-11(8-23)6-12-9-27-10-13(14(29-2)7-17(27)24-12)18(28)26-16-5-3-4-15(25-16)19(20,21)22/h3-5,7,9-11H,6H2,1-2H3,(H,25,26,28). The number of carbonyl (C=O) groups is 1. The predicted octanol–water partition coefficient (Wildman–Crippen LogP) is 3.71. The van der Waals surface area contributed by atoms with Crippen LogP contribution in [0, 0.1) is 17.2 Å². The lowest BCUT2D eigenvalue weighted by Crippen LogP contribution is -2.16. The second kappa shape index (κ2) is 7.79. The highest BCUT2D eigenvalue weighted by atomic mass is 19.4. The van der Waals surface area contributed by atoms with E-state index in [1.54, 1.807) is 17.5 Å². The molecule has 7 nitrogen and oxygen atoms in total. The Morgan fingerprint density at radius 2 is 2.10 bits per heavy atom. The molecule has 1 unspecified atom stereocenters. The number of imidazole rings is 1. The van der Waals surface area contributed by atoms with Crippen LogP contribution in [0.4, 0.5) is 19.0 Å². The molecule has 1 atom stereocenters. The number of rotatable bonds is 5. The van der Waals surface area contributed by atoms with E-state index in [0.29, 0.717) is 17.8 Å². The quantitative estimate of drug-likeness (QED) is 0.701. The fourth-order valence-electron chi connectivity index (χ4n) is 2.71. The van der Waals surface area contributed by atoms with Gasteiger partial charge in [0.05, 0.1) is 24.4 Å². The number of nitrogens with one attached hydrogen (secondary N) is 1. The van der Waals surface area contributed by atoms with Crippen molar-refractivity contribution in [3.05, 3.63) is 53.6 Å². The first-order valence-corrected chi connectivity index (χ1v) is 8.52. The van der Waals surface area contributed by atoms with Crippen molar-refractivity contribution in [3.63, 3.8) is 0 Å². The van der Waals surface area contributed by atoms with Crippen LogP contribution in [-0.4, -0.2) is 27.4 Å². The summed E-state index contributed by atoms with van der Waals surface area (Å²) in [6.07, 6.45) is -1.03. The van der Waals surface area contributed by atoms with Crippen LogP contribution in [-0.2, 0) is 12.6 Å². The van der Waals surface area contributed by atoms with Gasteiger partial charge < -0.3 is 14.5 Å². The monoisotopic (exact) mass is 403 g/mol. The van der Waals surface area contributed by atoms with Gasteiger partial charge in [-0.3, -0.25) is 4.79 Å². The van der Waals surface area contributed by atoms with Crippen LogP contribution in [0.5, 0.6) is 5.75 Å². The van der Waals surface area contributed by atoms with Crippen molar-refractivity contribution >= 4 is 17.4 Å². The lowest BCUT2D eigenvalue weighted by atomic mass is 10.1. The molecule has 29 heavy (non-hydrogen) atoms. The second-order valence-corrected chi connectivity index (χ2v) is 6.35. The van der Waals surface area contributed by atoms with E-state index in [-0.39, 0.29) is 23.0 Å². The minimum absolute atomic E-state index is 0.0940. The normalized spacial score (nSPS) is 12.4. The number of aromatic nitrogens is 3. The van der Waals surface area contributed by atoms with Crippen molar-refractivity contribution in [2.24, 2.45) is 5.92 Å². The molecule has 3 aromatic heterocycles. The average Bonchev–Trinajstić information content (AvgIpc) is 3.07. The third-order valence-corrected chi connectivity index (χ3v) is 4.09. The van der Waals surface area contributed by atoms with Gasteiger partial charge in [0.15, 0.2) is 0 Å². The zero-order valence-corrected chi connectivity index (χ0v) is 15.5. The molecule has 3 rings (SSSR count). The summed E-state index contributed by atoms with van der Waals surface area (Å²) in [6.45, 7) is 1.77. The number of pyridine rings is 2. The van der Waals surface area contributed by atoms with Crippen molar-refractivity contribution in [2.75, 3.05) is 12.4 Å². The van der Waals surface area contributed by atoms with Gasteiger partial charge in [0.1, 0.15) is 22.9 Å². The summed E-state index contributed by atoms with van der Waals surface area (Å²) in [5, 5.41) is 11.3. The van der Waals surface area contributed by atoms with Crippen LogP contribution in [0.25, 0.3) is 5.65 Å². The number of anilines is 1. The van der Waals surface area contributed by atoms with Gasteiger partial charge in [-0.05, 0) is 19.1 Å². The molecule has 0 aliphatic rings. The smallest absolute Gasteiger partial charge is 0.433 e. The summed E-state index contributed by atoms with van der Waals surface area (Å²) < 4.78 is 45.3. The van der Waals surface area contributed by atoms with Gasteiger partial charge in [-0.1, -0.05) is 6.07 Å². The molecule has 0 aliphatic heterocycles. The van der Waals surface area contributed by atoms with E-state index in [0.717, 1.165) is 12.1 Å². The summed E-state index contributed by atoms with van der Waals surface area (Å²) in [7, 11) is 1.37. The van der Waals surface area contributed by atoms with Gasteiger partial charge in [0.2, 0.25) is 0 Å².